The lowest BCUT2D eigenvalue weighted by Crippen LogP contribution is -2.35. The largest absolute Gasteiger partial charge is 0.298 e. The van der Waals surface area contributed by atoms with Gasteiger partial charge in [0.1, 0.15) is 17.0 Å². The van der Waals surface area contributed by atoms with Gasteiger partial charge < -0.3 is 0 Å². The van der Waals surface area contributed by atoms with Crippen LogP contribution < -0.4 is 11.0 Å². The fourth-order valence-corrected chi connectivity index (χ4v) is 3.58. The number of H-pyrrole nitrogens is 1. The zero-order valence-electron chi connectivity index (χ0n) is 17.8. The zero-order chi connectivity index (χ0) is 24.5. The molecule has 10 nitrogen and oxygen atoms in total. The van der Waals surface area contributed by atoms with E-state index in [0.29, 0.717) is 11.1 Å². The number of rotatable bonds is 5. The number of fused-ring (bicyclic) bond motifs is 1. The molecule has 0 atom stereocenters. The first-order chi connectivity index (χ1) is 16.9. The third-order valence-electron chi connectivity index (χ3n) is 5.27. The van der Waals surface area contributed by atoms with Crippen LogP contribution in [0.4, 0.5) is 10.1 Å². The molecule has 2 aromatic heterocycles. The Balaban J connectivity index is 1.74. The molecule has 5 rings (SSSR count). The maximum absolute atomic E-state index is 13.5. The molecular weight excluding hydrogens is 455 g/mol. The molecule has 0 bridgehead atoms. The number of nitrogens with zero attached hydrogens (tertiary/aromatic N) is 4. The van der Waals surface area contributed by atoms with Crippen molar-refractivity contribution in [2.75, 3.05) is 5.43 Å². The quantitative estimate of drug-likeness (QED) is 0.296. The van der Waals surface area contributed by atoms with Gasteiger partial charge in [0.2, 0.25) is 0 Å². The Hall–Kier alpha value is -5.19. The lowest BCUT2D eigenvalue weighted by Gasteiger charge is -2.14. The van der Waals surface area contributed by atoms with Gasteiger partial charge in [0.05, 0.1) is 4.92 Å². The van der Waals surface area contributed by atoms with Crippen LogP contribution in [0.3, 0.4) is 0 Å². The second kappa shape index (κ2) is 8.63. The maximum atomic E-state index is 13.5. The van der Waals surface area contributed by atoms with E-state index in [1.165, 1.54) is 48.5 Å². The molecule has 0 saturated carbocycles. The molecule has 5 aromatic rings. The predicted octanol–water partition coefficient (Wildman–Crippen LogP) is 3.88. The average molecular weight is 470 g/mol. The molecule has 0 aliphatic heterocycles. The number of amides is 1. The highest BCUT2D eigenvalue weighted by Crippen LogP contribution is 2.27. The van der Waals surface area contributed by atoms with Gasteiger partial charge in [0.15, 0.2) is 11.3 Å². The van der Waals surface area contributed by atoms with E-state index in [0.717, 1.165) is 4.68 Å². The number of aromatic nitrogens is 4. The number of benzene rings is 3. The minimum Gasteiger partial charge on any atom is -0.270 e. The van der Waals surface area contributed by atoms with Crippen molar-refractivity contribution >= 4 is 22.6 Å². The Labute approximate surface area is 195 Å². The molecule has 35 heavy (non-hydrogen) atoms. The van der Waals surface area contributed by atoms with Crippen LogP contribution in [0.5, 0.6) is 0 Å². The molecule has 0 aliphatic rings. The molecule has 0 unspecified atom stereocenters. The van der Waals surface area contributed by atoms with Crippen LogP contribution in [0, 0.1) is 15.9 Å². The average Bonchev–Trinajstić information content (AvgIpc) is 3.31. The van der Waals surface area contributed by atoms with Gasteiger partial charge in [-0.3, -0.25) is 30.2 Å². The van der Waals surface area contributed by atoms with Crippen LogP contribution >= 0.6 is 0 Å². The normalized spacial score (nSPS) is 10.9. The fraction of sp³-hybridized carbons (Fsp3) is 0. The molecule has 3 aromatic carbocycles. The second-order valence-corrected chi connectivity index (χ2v) is 7.49. The van der Waals surface area contributed by atoms with Crippen LogP contribution in [0.2, 0.25) is 0 Å². The number of non-ortho nitro benzene ring substituents is 1. The van der Waals surface area contributed by atoms with Gasteiger partial charge in [-0.05, 0) is 36.4 Å². The number of aromatic amines is 1. The van der Waals surface area contributed by atoms with E-state index in [4.69, 9.17) is 0 Å². The van der Waals surface area contributed by atoms with E-state index in [9.17, 15) is 24.1 Å². The van der Waals surface area contributed by atoms with E-state index < -0.39 is 22.2 Å². The Morgan fingerprint density at radius 1 is 1.00 bits per heavy atom. The van der Waals surface area contributed by atoms with E-state index in [1.54, 1.807) is 30.3 Å². The highest BCUT2D eigenvalue weighted by molar-refractivity contribution is 6.00. The number of nitro benzene ring substituents is 1. The number of halogens is 1. The van der Waals surface area contributed by atoms with E-state index in [1.807, 2.05) is 0 Å². The van der Waals surface area contributed by atoms with E-state index in [-0.39, 0.29) is 33.8 Å². The predicted molar refractivity (Wildman–Crippen MR) is 126 cm³/mol. The Morgan fingerprint density at radius 3 is 2.46 bits per heavy atom. The Morgan fingerprint density at radius 2 is 1.74 bits per heavy atom. The van der Waals surface area contributed by atoms with Gasteiger partial charge in [0.25, 0.3) is 17.2 Å². The van der Waals surface area contributed by atoms with Crippen molar-refractivity contribution in [2.45, 2.75) is 0 Å². The number of carbonyl (C=O) groups excluding carboxylic acids is 1. The van der Waals surface area contributed by atoms with Crippen LogP contribution in [0.25, 0.3) is 33.7 Å². The summed E-state index contributed by atoms with van der Waals surface area (Å²) in [6, 6.07) is 19.2. The number of nitrogens with one attached hydrogen (secondary N) is 2. The second-order valence-electron chi connectivity index (χ2n) is 7.49. The van der Waals surface area contributed by atoms with Gasteiger partial charge in [-0.15, -0.1) is 0 Å². The number of nitro groups is 1. The van der Waals surface area contributed by atoms with Gasteiger partial charge in [-0.1, -0.05) is 30.3 Å². The van der Waals surface area contributed by atoms with Crippen molar-refractivity contribution in [3.63, 3.8) is 0 Å². The number of hydrogen-bond donors (Lipinski definition) is 2. The van der Waals surface area contributed by atoms with Crippen molar-refractivity contribution in [3.05, 3.63) is 111 Å². The molecule has 1 amide bonds. The zero-order valence-corrected chi connectivity index (χ0v) is 17.8. The molecule has 2 heterocycles. The highest BCUT2D eigenvalue weighted by atomic mass is 19.1. The molecule has 0 aliphatic carbocycles. The third kappa shape index (κ3) is 4.02. The van der Waals surface area contributed by atoms with Gasteiger partial charge in [0, 0.05) is 28.8 Å². The summed E-state index contributed by atoms with van der Waals surface area (Å²) < 4.78 is 14.3. The lowest BCUT2D eigenvalue weighted by molar-refractivity contribution is -0.384. The molecule has 0 saturated heterocycles. The fourth-order valence-electron chi connectivity index (χ4n) is 3.58. The van der Waals surface area contributed by atoms with Crippen molar-refractivity contribution in [1.29, 1.82) is 0 Å². The summed E-state index contributed by atoms with van der Waals surface area (Å²) in [5, 5.41) is 18.1. The molecule has 0 fully saturated rings. The SMILES string of the molecule is O=C(Nn1c(-c2cccc([N+](=O)[O-])c2)nc2c(-c3ccc(F)cc3)n[nH]c2c1=O)c1ccccc1. The van der Waals surface area contributed by atoms with Crippen LogP contribution in [0.1, 0.15) is 10.4 Å². The van der Waals surface area contributed by atoms with Crippen molar-refractivity contribution in [1.82, 2.24) is 19.9 Å². The van der Waals surface area contributed by atoms with E-state index >= 15 is 0 Å². The number of carbonyl (C=O) groups is 1. The summed E-state index contributed by atoms with van der Waals surface area (Å²) in [7, 11) is 0. The van der Waals surface area contributed by atoms with Crippen LogP contribution in [-0.4, -0.2) is 30.7 Å². The Bertz CT molecular complexity index is 1650. The van der Waals surface area contributed by atoms with Crippen LogP contribution in [-0.2, 0) is 0 Å². The molecule has 172 valence electrons. The van der Waals surface area contributed by atoms with Crippen molar-refractivity contribution in [3.8, 4) is 22.6 Å². The minimum atomic E-state index is -0.679. The van der Waals surface area contributed by atoms with Gasteiger partial charge >= 0.3 is 0 Å². The summed E-state index contributed by atoms with van der Waals surface area (Å²) >= 11 is 0. The summed E-state index contributed by atoms with van der Waals surface area (Å²) in [5.41, 5.74) is 3.08. The molecular formula is C24H15FN6O4. The first kappa shape index (κ1) is 21.6. The minimum absolute atomic E-state index is 0.00753. The maximum Gasteiger partial charge on any atom is 0.298 e. The summed E-state index contributed by atoms with van der Waals surface area (Å²) in [6.45, 7) is 0. The number of hydrogen-bond acceptors (Lipinski definition) is 6. The van der Waals surface area contributed by atoms with Gasteiger partial charge in [-0.25, -0.2) is 9.37 Å². The van der Waals surface area contributed by atoms with Crippen LogP contribution in [0.15, 0.2) is 83.7 Å². The standard InChI is InChI=1S/C24H15FN6O4/c25-17-11-9-14(10-12-17)19-20-21(28-27-19)24(33)30(29-23(32)15-5-2-1-3-6-15)22(26-20)16-7-4-8-18(13-16)31(34)35/h1-13H,(H,27,28)(H,29,32). The first-order valence-electron chi connectivity index (χ1n) is 10.3. The van der Waals surface area contributed by atoms with Crippen molar-refractivity contribution < 1.29 is 14.1 Å². The first-order valence-corrected chi connectivity index (χ1v) is 10.3. The molecule has 0 radical (unpaired) electrons. The van der Waals surface area contributed by atoms with Crippen molar-refractivity contribution in [2.24, 2.45) is 0 Å². The summed E-state index contributed by atoms with van der Waals surface area (Å²) in [5.74, 6) is -1.07. The topological polar surface area (TPSA) is 136 Å². The summed E-state index contributed by atoms with van der Waals surface area (Å²) in [4.78, 5) is 41.6. The van der Waals surface area contributed by atoms with E-state index in [2.05, 4.69) is 20.6 Å². The highest BCUT2D eigenvalue weighted by Gasteiger charge is 2.21. The molecule has 11 heteroatoms. The lowest BCUT2D eigenvalue weighted by atomic mass is 10.1. The smallest absolute Gasteiger partial charge is 0.270 e. The Kier molecular flexibility index (Phi) is 5.34. The third-order valence-corrected chi connectivity index (χ3v) is 5.27. The monoisotopic (exact) mass is 470 g/mol. The van der Waals surface area contributed by atoms with Gasteiger partial charge in [-0.2, -0.15) is 9.77 Å². The molecule has 0 spiro atoms. The summed E-state index contributed by atoms with van der Waals surface area (Å²) in [6.07, 6.45) is 0. The molecule has 2 N–H and O–H groups in total.